The molecule has 0 saturated carbocycles. The SMILES string of the molecule is CCCCN(O)CCCC.ON(c1ccccc1)c1ccccc1. The standard InChI is InChI=1S/C12H11NO.C8H19NO/c14-13(11-7-3-1-4-8-11)12-9-5-2-6-10-12;1-3-5-7-9(10)8-6-4-2/h1-10,14H;10H,3-8H2,1-2H3. The summed E-state index contributed by atoms with van der Waals surface area (Å²) in [5.41, 5.74) is 1.53. The number of nitrogens with zero attached hydrogens (tertiary/aromatic N) is 2. The largest absolute Gasteiger partial charge is 0.314 e. The summed E-state index contributed by atoms with van der Waals surface area (Å²) in [7, 11) is 0. The summed E-state index contributed by atoms with van der Waals surface area (Å²) in [5.74, 6) is 0. The van der Waals surface area contributed by atoms with E-state index in [1.165, 1.54) is 10.1 Å². The van der Waals surface area contributed by atoms with E-state index in [-0.39, 0.29) is 0 Å². The topological polar surface area (TPSA) is 46.9 Å². The third kappa shape index (κ3) is 8.11. The van der Waals surface area contributed by atoms with Crippen LogP contribution in [0.25, 0.3) is 0 Å². The Morgan fingerprint density at radius 3 is 1.38 bits per heavy atom. The van der Waals surface area contributed by atoms with E-state index >= 15 is 0 Å². The molecule has 0 aliphatic carbocycles. The molecule has 4 heteroatoms. The van der Waals surface area contributed by atoms with Gasteiger partial charge in [-0.25, -0.2) is 5.06 Å². The maximum atomic E-state index is 9.83. The van der Waals surface area contributed by atoms with Crippen molar-refractivity contribution in [2.75, 3.05) is 18.2 Å². The van der Waals surface area contributed by atoms with E-state index in [9.17, 15) is 5.21 Å². The van der Waals surface area contributed by atoms with E-state index in [0.29, 0.717) is 0 Å². The van der Waals surface area contributed by atoms with Crippen LogP contribution in [0.5, 0.6) is 0 Å². The lowest BCUT2D eigenvalue weighted by Crippen LogP contribution is -2.21. The number of unbranched alkanes of at least 4 members (excludes halogenated alkanes) is 2. The van der Waals surface area contributed by atoms with Crippen molar-refractivity contribution in [1.29, 1.82) is 0 Å². The van der Waals surface area contributed by atoms with E-state index in [0.717, 1.165) is 50.1 Å². The van der Waals surface area contributed by atoms with Gasteiger partial charge in [0, 0.05) is 13.1 Å². The number of benzene rings is 2. The van der Waals surface area contributed by atoms with Crippen molar-refractivity contribution < 1.29 is 10.4 Å². The first kappa shape index (κ1) is 20.2. The zero-order chi connectivity index (χ0) is 17.6. The predicted molar refractivity (Wildman–Crippen MR) is 100.0 cm³/mol. The summed E-state index contributed by atoms with van der Waals surface area (Å²) in [6.07, 6.45) is 4.51. The van der Waals surface area contributed by atoms with Crippen LogP contribution in [0.4, 0.5) is 11.4 Å². The Morgan fingerprint density at radius 2 is 1.04 bits per heavy atom. The molecule has 0 heterocycles. The normalized spacial score (nSPS) is 10.2. The van der Waals surface area contributed by atoms with Gasteiger partial charge in [-0.15, -0.1) is 0 Å². The monoisotopic (exact) mass is 330 g/mol. The zero-order valence-electron chi connectivity index (χ0n) is 14.8. The molecule has 0 spiro atoms. The first-order valence-corrected chi connectivity index (χ1v) is 8.72. The smallest absolute Gasteiger partial charge is 0.0693 e. The van der Waals surface area contributed by atoms with E-state index in [4.69, 9.17) is 5.21 Å². The van der Waals surface area contributed by atoms with E-state index in [1.54, 1.807) is 0 Å². The second-order valence-electron chi connectivity index (χ2n) is 5.64. The summed E-state index contributed by atoms with van der Waals surface area (Å²) >= 11 is 0. The van der Waals surface area contributed by atoms with Crippen LogP contribution in [0.2, 0.25) is 0 Å². The average Bonchev–Trinajstić information content (AvgIpc) is 2.66. The molecule has 0 radical (unpaired) electrons. The molecule has 24 heavy (non-hydrogen) atoms. The lowest BCUT2D eigenvalue weighted by molar-refractivity contribution is -0.0919. The van der Waals surface area contributed by atoms with Gasteiger partial charge in [-0.05, 0) is 37.1 Å². The Kier molecular flexibility index (Phi) is 10.5. The lowest BCUT2D eigenvalue weighted by atomic mass is 10.2. The zero-order valence-corrected chi connectivity index (χ0v) is 14.8. The maximum Gasteiger partial charge on any atom is 0.0693 e. The summed E-state index contributed by atoms with van der Waals surface area (Å²) < 4.78 is 0. The molecule has 0 aliphatic rings. The second-order valence-corrected chi connectivity index (χ2v) is 5.64. The fourth-order valence-corrected chi connectivity index (χ4v) is 2.08. The van der Waals surface area contributed by atoms with Gasteiger partial charge in [0.05, 0.1) is 11.4 Å². The van der Waals surface area contributed by atoms with Gasteiger partial charge in [0.1, 0.15) is 0 Å². The highest BCUT2D eigenvalue weighted by molar-refractivity contribution is 5.59. The first-order chi connectivity index (χ1) is 11.7. The molecule has 132 valence electrons. The second kappa shape index (κ2) is 12.5. The number of rotatable bonds is 8. The minimum Gasteiger partial charge on any atom is -0.314 e. The minimum atomic E-state index is 0.763. The Balaban J connectivity index is 0.000000257. The van der Waals surface area contributed by atoms with Crippen molar-refractivity contribution in [3.05, 3.63) is 60.7 Å². The van der Waals surface area contributed by atoms with Crippen LogP contribution in [-0.2, 0) is 0 Å². The summed E-state index contributed by atoms with van der Waals surface area (Å²) in [6, 6.07) is 18.8. The molecular formula is C20H30N2O2. The van der Waals surface area contributed by atoms with Crippen molar-refractivity contribution >= 4 is 11.4 Å². The predicted octanol–water partition coefficient (Wildman–Crippen LogP) is 5.49. The van der Waals surface area contributed by atoms with Gasteiger partial charge in [-0.1, -0.05) is 63.1 Å². The van der Waals surface area contributed by atoms with Crippen molar-refractivity contribution in [1.82, 2.24) is 5.06 Å². The molecule has 0 aliphatic heterocycles. The molecule has 0 unspecified atom stereocenters. The van der Waals surface area contributed by atoms with E-state index in [1.807, 2.05) is 60.7 Å². The molecule has 0 atom stereocenters. The van der Waals surface area contributed by atoms with Crippen LogP contribution in [0, 0.1) is 0 Å². The highest BCUT2D eigenvalue weighted by Gasteiger charge is 2.02. The number of hydrogen-bond acceptors (Lipinski definition) is 4. The van der Waals surface area contributed by atoms with Crippen molar-refractivity contribution in [2.24, 2.45) is 0 Å². The molecule has 2 rings (SSSR count). The fraction of sp³-hybridized carbons (Fsp3) is 0.400. The summed E-state index contributed by atoms with van der Waals surface area (Å²) in [4.78, 5) is 0. The van der Waals surface area contributed by atoms with Crippen molar-refractivity contribution in [2.45, 2.75) is 39.5 Å². The van der Waals surface area contributed by atoms with Crippen molar-refractivity contribution in [3.63, 3.8) is 0 Å². The lowest BCUT2D eigenvalue weighted by Gasteiger charge is -2.16. The van der Waals surface area contributed by atoms with Crippen LogP contribution in [-0.4, -0.2) is 28.6 Å². The molecule has 4 nitrogen and oxygen atoms in total. The molecule has 0 fully saturated rings. The third-order valence-electron chi connectivity index (χ3n) is 3.54. The molecule has 0 saturated heterocycles. The highest BCUT2D eigenvalue weighted by Crippen LogP contribution is 2.21. The van der Waals surface area contributed by atoms with Crippen molar-refractivity contribution in [3.8, 4) is 0 Å². The first-order valence-electron chi connectivity index (χ1n) is 8.72. The van der Waals surface area contributed by atoms with Crippen LogP contribution in [0.1, 0.15) is 39.5 Å². The average molecular weight is 330 g/mol. The number of hydrogen-bond donors (Lipinski definition) is 2. The van der Waals surface area contributed by atoms with Crippen LogP contribution in [0.15, 0.2) is 60.7 Å². The van der Waals surface area contributed by atoms with Gasteiger partial charge < -0.3 is 5.21 Å². The van der Waals surface area contributed by atoms with Gasteiger partial charge in [-0.2, -0.15) is 5.06 Å². The van der Waals surface area contributed by atoms with Gasteiger partial charge in [0.2, 0.25) is 0 Å². The number of para-hydroxylation sites is 2. The van der Waals surface area contributed by atoms with Gasteiger partial charge in [0.25, 0.3) is 0 Å². The Hall–Kier alpha value is -1.88. The maximum absolute atomic E-state index is 9.83. The molecule has 2 aromatic rings. The van der Waals surface area contributed by atoms with E-state index < -0.39 is 0 Å². The molecule has 0 aromatic heterocycles. The Labute approximate surface area is 145 Å². The third-order valence-corrected chi connectivity index (χ3v) is 3.54. The number of hydroxylamine groups is 2. The quantitative estimate of drug-likeness (QED) is 0.628. The summed E-state index contributed by atoms with van der Waals surface area (Å²) in [6.45, 7) is 5.92. The Bertz CT molecular complexity index is 472. The number of anilines is 2. The summed E-state index contributed by atoms with van der Waals surface area (Å²) in [5, 5.41) is 21.6. The highest BCUT2D eigenvalue weighted by atomic mass is 16.5. The molecule has 0 amide bonds. The molecule has 2 N–H and O–H groups in total. The molecule has 2 aromatic carbocycles. The fourth-order valence-electron chi connectivity index (χ4n) is 2.08. The van der Waals surface area contributed by atoms with Crippen LogP contribution < -0.4 is 5.06 Å². The van der Waals surface area contributed by atoms with E-state index in [2.05, 4.69) is 13.8 Å². The van der Waals surface area contributed by atoms with Crippen LogP contribution >= 0.6 is 0 Å². The molecular weight excluding hydrogens is 300 g/mol. The van der Waals surface area contributed by atoms with Gasteiger partial charge in [0.15, 0.2) is 0 Å². The minimum absolute atomic E-state index is 0.763. The van der Waals surface area contributed by atoms with Crippen LogP contribution in [0.3, 0.4) is 0 Å². The van der Waals surface area contributed by atoms with Gasteiger partial charge in [-0.3, -0.25) is 5.21 Å². The molecule has 0 bridgehead atoms. The Morgan fingerprint density at radius 1 is 0.667 bits per heavy atom. The van der Waals surface area contributed by atoms with Gasteiger partial charge >= 0.3 is 0 Å².